The molecule has 5 heteroatoms. The van der Waals surface area contributed by atoms with Crippen molar-refractivity contribution in [1.82, 2.24) is 4.31 Å². The molecule has 0 saturated carbocycles. The molecule has 1 unspecified atom stereocenters. The van der Waals surface area contributed by atoms with Gasteiger partial charge >= 0.3 is 0 Å². The van der Waals surface area contributed by atoms with Gasteiger partial charge in [0.15, 0.2) is 0 Å². The Hall–Kier alpha value is -0.910. The third-order valence-electron chi connectivity index (χ3n) is 3.08. The maximum absolute atomic E-state index is 12.2. The Morgan fingerprint density at radius 1 is 1.33 bits per heavy atom. The minimum absolute atomic E-state index is 0.184. The summed E-state index contributed by atoms with van der Waals surface area (Å²) in [6.45, 7) is 3.25. The number of benzene rings is 1. The number of hydrogen-bond donors (Lipinski definition) is 0. The fraction of sp³-hybridized carbons (Fsp3) is 0.538. The fourth-order valence-corrected chi connectivity index (χ4v) is 3.91. The molecule has 1 heterocycles. The van der Waals surface area contributed by atoms with Crippen LogP contribution >= 0.6 is 0 Å². The van der Waals surface area contributed by atoms with E-state index in [9.17, 15) is 8.42 Å². The lowest BCUT2D eigenvalue weighted by Crippen LogP contribution is -2.44. The van der Waals surface area contributed by atoms with Crippen molar-refractivity contribution in [2.45, 2.75) is 19.4 Å². The predicted molar refractivity (Wildman–Crippen MR) is 70.8 cm³/mol. The highest BCUT2D eigenvalue weighted by Crippen LogP contribution is 2.27. The highest BCUT2D eigenvalue weighted by Gasteiger charge is 2.32. The third kappa shape index (κ3) is 2.91. The Bertz CT molecular complexity index is 472. The summed E-state index contributed by atoms with van der Waals surface area (Å²) < 4.78 is 31.5. The number of morpholine rings is 1. The zero-order valence-electron chi connectivity index (χ0n) is 10.6. The second-order valence-corrected chi connectivity index (χ2v) is 6.47. The second-order valence-electron chi connectivity index (χ2n) is 4.43. The number of nitrogens with zero attached hydrogens (tertiary/aromatic N) is 1. The molecular formula is C13H19NO3S. The highest BCUT2D eigenvalue weighted by molar-refractivity contribution is 7.89. The average molecular weight is 269 g/mol. The first kappa shape index (κ1) is 13.5. The van der Waals surface area contributed by atoms with E-state index in [4.69, 9.17) is 4.74 Å². The van der Waals surface area contributed by atoms with Gasteiger partial charge in [-0.1, -0.05) is 37.3 Å². The number of rotatable bonds is 4. The summed E-state index contributed by atoms with van der Waals surface area (Å²) in [5.74, 6) is 0.205. The van der Waals surface area contributed by atoms with Crippen molar-refractivity contribution in [2.75, 3.05) is 25.5 Å². The highest BCUT2D eigenvalue weighted by atomic mass is 32.2. The third-order valence-corrected chi connectivity index (χ3v) is 5.16. The largest absolute Gasteiger partial charge is 0.378 e. The first-order valence-electron chi connectivity index (χ1n) is 6.27. The minimum atomic E-state index is -3.18. The van der Waals surface area contributed by atoms with Crippen LogP contribution in [-0.4, -0.2) is 38.2 Å². The Balaban J connectivity index is 2.27. The van der Waals surface area contributed by atoms with Crippen molar-refractivity contribution < 1.29 is 13.2 Å². The van der Waals surface area contributed by atoms with Gasteiger partial charge in [-0.25, -0.2) is 8.42 Å². The van der Waals surface area contributed by atoms with Gasteiger partial charge < -0.3 is 4.74 Å². The minimum Gasteiger partial charge on any atom is -0.378 e. The molecule has 1 aromatic carbocycles. The van der Waals surface area contributed by atoms with Crippen LogP contribution in [0.2, 0.25) is 0 Å². The molecule has 1 atom stereocenters. The van der Waals surface area contributed by atoms with Crippen LogP contribution in [0.15, 0.2) is 30.3 Å². The maximum Gasteiger partial charge on any atom is 0.214 e. The summed E-state index contributed by atoms with van der Waals surface area (Å²) in [6, 6.07) is 9.50. The second kappa shape index (κ2) is 5.82. The van der Waals surface area contributed by atoms with Crippen LogP contribution in [0.25, 0.3) is 0 Å². The Morgan fingerprint density at radius 3 is 2.72 bits per heavy atom. The topological polar surface area (TPSA) is 46.6 Å². The molecule has 4 nitrogen and oxygen atoms in total. The van der Waals surface area contributed by atoms with Gasteiger partial charge in [-0.3, -0.25) is 0 Å². The Kier molecular flexibility index (Phi) is 4.37. The van der Waals surface area contributed by atoms with E-state index in [0.717, 1.165) is 5.56 Å². The lowest BCUT2D eigenvalue weighted by molar-refractivity contribution is 0.0321. The molecule has 0 radical (unpaired) electrons. The van der Waals surface area contributed by atoms with Crippen molar-refractivity contribution in [3.05, 3.63) is 35.9 Å². The van der Waals surface area contributed by atoms with E-state index in [0.29, 0.717) is 26.2 Å². The summed E-state index contributed by atoms with van der Waals surface area (Å²) in [5, 5.41) is 0. The summed E-state index contributed by atoms with van der Waals surface area (Å²) in [4.78, 5) is 0. The average Bonchev–Trinajstić information content (AvgIpc) is 2.40. The molecule has 1 aliphatic rings. The zero-order chi connectivity index (χ0) is 13.0. The van der Waals surface area contributed by atoms with E-state index in [1.807, 2.05) is 37.3 Å². The van der Waals surface area contributed by atoms with Gasteiger partial charge in [0, 0.05) is 6.54 Å². The van der Waals surface area contributed by atoms with Crippen molar-refractivity contribution in [3.63, 3.8) is 0 Å². The van der Waals surface area contributed by atoms with Crippen LogP contribution in [0.5, 0.6) is 0 Å². The normalized spacial score (nSPS) is 21.9. The first-order valence-corrected chi connectivity index (χ1v) is 7.88. The van der Waals surface area contributed by atoms with E-state index in [1.54, 1.807) is 4.31 Å². The summed E-state index contributed by atoms with van der Waals surface area (Å²) >= 11 is 0. The molecule has 0 N–H and O–H groups in total. The predicted octanol–water partition coefficient (Wildman–Crippen LogP) is 1.80. The van der Waals surface area contributed by atoms with Gasteiger partial charge in [0.25, 0.3) is 0 Å². The van der Waals surface area contributed by atoms with E-state index in [2.05, 4.69) is 0 Å². The molecule has 1 aromatic rings. The molecule has 2 rings (SSSR count). The molecule has 1 aliphatic heterocycles. The lowest BCUT2D eigenvalue weighted by atomic mass is 10.1. The van der Waals surface area contributed by atoms with E-state index in [1.165, 1.54) is 0 Å². The smallest absolute Gasteiger partial charge is 0.214 e. The monoisotopic (exact) mass is 269 g/mol. The molecular weight excluding hydrogens is 250 g/mol. The van der Waals surface area contributed by atoms with Gasteiger partial charge in [-0.15, -0.1) is 0 Å². The van der Waals surface area contributed by atoms with Gasteiger partial charge in [0.05, 0.1) is 25.0 Å². The van der Waals surface area contributed by atoms with E-state index >= 15 is 0 Å². The van der Waals surface area contributed by atoms with Crippen LogP contribution in [0.1, 0.15) is 24.9 Å². The standard InChI is InChI=1S/C13H19NO3S/c1-2-10-18(15,16)14-8-9-17-11-13(14)12-6-4-3-5-7-12/h3-7,13H,2,8-11H2,1H3. The SMILES string of the molecule is CCCS(=O)(=O)N1CCOCC1c1ccccc1. The Labute approximate surface area is 109 Å². The van der Waals surface area contributed by atoms with Gasteiger partial charge in [0.1, 0.15) is 0 Å². The molecule has 100 valence electrons. The lowest BCUT2D eigenvalue weighted by Gasteiger charge is -2.34. The molecule has 18 heavy (non-hydrogen) atoms. The van der Waals surface area contributed by atoms with Crippen LogP contribution in [-0.2, 0) is 14.8 Å². The number of hydrogen-bond acceptors (Lipinski definition) is 3. The summed E-state index contributed by atoms with van der Waals surface area (Å²) in [5.41, 5.74) is 0.997. The zero-order valence-corrected chi connectivity index (χ0v) is 11.4. The maximum atomic E-state index is 12.2. The molecule has 0 aromatic heterocycles. The molecule has 0 spiro atoms. The number of ether oxygens (including phenoxy) is 1. The van der Waals surface area contributed by atoms with Crippen molar-refractivity contribution in [2.24, 2.45) is 0 Å². The van der Waals surface area contributed by atoms with Crippen molar-refractivity contribution >= 4 is 10.0 Å². The van der Waals surface area contributed by atoms with Crippen molar-refractivity contribution in [3.8, 4) is 0 Å². The molecule has 0 aliphatic carbocycles. The quantitative estimate of drug-likeness (QED) is 0.837. The summed E-state index contributed by atoms with van der Waals surface area (Å²) in [7, 11) is -3.18. The van der Waals surface area contributed by atoms with Crippen LogP contribution < -0.4 is 0 Å². The molecule has 0 amide bonds. The first-order chi connectivity index (χ1) is 8.65. The Morgan fingerprint density at radius 2 is 2.06 bits per heavy atom. The fourth-order valence-electron chi connectivity index (χ4n) is 2.23. The van der Waals surface area contributed by atoms with Gasteiger partial charge in [-0.2, -0.15) is 4.31 Å². The molecule has 0 bridgehead atoms. The molecule has 1 saturated heterocycles. The van der Waals surface area contributed by atoms with E-state index in [-0.39, 0.29) is 11.8 Å². The van der Waals surface area contributed by atoms with Crippen LogP contribution in [0, 0.1) is 0 Å². The van der Waals surface area contributed by atoms with Crippen molar-refractivity contribution in [1.29, 1.82) is 0 Å². The van der Waals surface area contributed by atoms with Gasteiger partial charge in [0.2, 0.25) is 10.0 Å². The van der Waals surface area contributed by atoms with Crippen LogP contribution in [0.3, 0.4) is 0 Å². The summed E-state index contributed by atoms with van der Waals surface area (Å²) in [6.07, 6.45) is 0.640. The van der Waals surface area contributed by atoms with Gasteiger partial charge in [-0.05, 0) is 12.0 Å². The molecule has 1 fully saturated rings. The number of sulfonamides is 1. The van der Waals surface area contributed by atoms with Crippen LogP contribution in [0.4, 0.5) is 0 Å². The van der Waals surface area contributed by atoms with E-state index < -0.39 is 10.0 Å².